The van der Waals surface area contributed by atoms with Crippen LogP contribution < -0.4 is 0 Å². The van der Waals surface area contributed by atoms with Crippen LogP contribution >= 0.6 is 11.6 Å². The average Bonchev–Trinajstić information content (AvgIpc) is 2.92. The Hall–Kier alpha value is -2.57. The van der Waals surface area contributed by atoms with E-state index in [1.165, 1.54) is 0 Å². The van der Waals surface area contributed by atoms with Crippen LogP contribution in [0.25, 0.3) is 16.9 Å². The van der Waals surface area contributed by atoms with Gasteiger partial charge in [-0.3, -0.25) is 0 Å². The third kappa shape index (κ3) is 2.29. The minimum atomic E-state index is 0.524. The van der Waals surface area contributed by atoms with Gasteiger partial charge in [0.2, 0.25) is 0 Å². The average molecular weight is 280 g/mol. The van der Waals surface area contributed by atoms with E-state index in [9.17, 15) is 5.26 Å². The highest BCUT2D eigenvalue weighted by Gasteiger charge is 2.12. The maximum atomic E-state index is 9.27. The summed E-state index contributed by atoms with van der Waals surface area (Å²) in [5, 5.41) is 14.4. The summed E-state index contributed by atoms with van der Waals surface area (Å²) < 4.78 is 1.70. The number of hydrogen-bond acceptors (Lipinski definition) is 2. The van der Waals surface area contributed by atoms with E-state index in [0.29, 0.717) is 16.3 Å². The smallest absolute Gasteiger partial charge is 0.111 e. The molecule has 0 amide bonds. The molecule has 3 nitrogen and oxygen atoms in total. The number of aromatic nitrogens is 2. The van der Waals surface area contributed by atoms with Crippen molar-refractivity contribution in [2.24, 2.45) is 0 Å². The monoisotopic (exact) mass is 279 g/mol. The first-order valence-electron chi connectivity index (χ1n) is 6.09. The number of hydrogen-bond donors (Lipinski definition) is 0. The van der Waals surface area contributed by atoms with Gasteiger partial charge in [-0.25, -0.2) is 4.68 Å². The molecule has 0 radical (unpaired) electrons. The summed E-state index contributed by atoms with van der Waals surface area (Å²) in [4.78, 5) is 0. The number of nitriles is 1. The first kappa shape index (κ1) is 12.5. The van der Waals surface area contributed by atoms with Crippen LogP contribution in [0.4, 0.5) is 0 Å². The Morgan fingerprint density at radius 1 is 1.05 bits per heavy atom. The molecule has 96 valence electrons. The van der Waals surface area contributed by atoms with Crippen molar-refractivity contribution < 1.29 is 0 Å². The van der Waals surface area contributed by atoms with Gasteiger partial charge in [-0.15, -0.1) is 0 Å². The molecule has 3 aromatic rings. The second-order valence-electron chi connectivity index (χ2n) is 4.29. The second kappa shape index (κ2) is 5.20. The molecule has 4 heteroatoms. The van der Waals surface area contributed by atoms with Gasteiger partial charge in [0.15, 0.2) is 0 Å². The topological polar surface area (TPSA) is 41.6 Å². The fourth-order valence-electron chi connectivity index (χ4n) is 2.02. The van der Waals surface area contributed by atoms with Gasteiger partial charge < -0.3 is 0 Å². The third-order valence-electron chi connectivity index (χ3n) is 2.95. The highest BCUT2D eigenvalue weighted by molar-refractivity contribution is 6.30. The van der Waals surface area contributed by atoms with E-state index in [0.717, 1.165) is 11.3 Å². The molecular weight excluding hydrogens is 270 g/mol. The minimum absolute atomic E-state index is 0.524. The Balaban J connectivity index is 2.13. The van der Waals surface area contributed by atoms with E-state index in [4.69, 9.17) is 11.6 Å². The van der Waals surface area contributed by atoms with Gasteiger partial charge in [0.25, 0.3) is 0 Å². The van der Waals surface area contributed by atoms with Crippen molar-refractivity contribution in [1.82, 2.24) is 9.78 Å². The van der Waals surface area contributed by atoms with Crippen LogP contribution in [0.15, 0.2) is 60.8 Å². The maximum absolute atomic E-state index is 9.27. The molecule has 0 spiro atoms. The predicted molar refractivity (Wildman–Crippen MR) is 78.7 cm³/mol. The van der Waals surface area contributed by atoms with Crippen LogP contribution in [0, 0.1) is 11.3 Å². The first-order valence-corrected chi connectivity index (χ1v) is 6.47. The van der Waals surface area contributed by atoms with Crippen molar-refractivity contribution in [1.29, 1.82) is 5.26 Å². The van der Waals surface area contributed by atoms with E-state index >= 15 is 0 Å². The summed E-state index contributed by atoms with van der Waals surface area (Å²) in [6, 6.07) is 19.2. The zero-order valence-corrected chi connectivity index (χ0v) is 11.2. The van der Waals surface area contributed by atoms with Crippen LogP contribution in [-0.4, -0.2) is 9.78 Å². The molecular formula is C16H10ClN3. The summed E-state index contributed by atoms with van der Waals surface area (Å²) in [5.74, 6) is 0. The van der Waals surface area contributed by atoms with Crippen LogP contribution in [-0.2, 0) is 0 Å². The number of halogens is 1. The second-order valence-corrected chi connectivity index (χ2v) is 4.73. The fraction of sp³-hybridized carbons (Fsp3) is 0. The molecule has 0 aliphatic heterocycles. The first-order chi connectivity index (χ1) is 9.78. The van der Waals surface area contributed by atoms with Crippen LogP contribution in [0.1, 0.15) is 5.56 Å². The van der Waals surface area contributed by atoms with Gasteiger partial charge in [-0.1, -0.05) is 41.9 Å². The van der Waals surface area contributed by atoms with Crippen molar-refractivity contribution in [3.63, 3.8) is 0 Å². The van der Waals surface area contributed by atoms with Gasteiger partial charge >= 0.3 is 0 Å². The Bertz CT molecular complexity index is 785. The quantitative estimate of drug-likeness (QED) is 0.710. The zero-order valence-electron chi connectivity index (χ0n) is 10.5. The van der Waals surface area contributed by atoms with Gasteiger partial charge in [0.1, 0.15) is 11.8 Å². The number of benzene rings is 2. The van der Waals surface area contributed by atoms with Crippen molar-refractivity contribution in [2.75, 3.05) is 0 Å². The van der Waals surface area contributed by atoms with Crippen LogP contribution in [0.2, 0.25) is 5.02 Å². The molecule has 3 rings (SSSR count). The summed E-state index contributed by atoms with van der Waals surface area (Å²) in [6.07, 6.45) is 1.73. The lowest BCUT2D eigenvalue weighted by atomic mass is 10.1. The van der Waals surface area contributed by atoms with Crippen molar-refractivity contribution in [2.45, 2.75) is 0 Å². The molecule has 0 atom stereocenters. The molecule has 0 bridgehead atoms. The summed E-state index contributed by atoms with van der Waals surface area (Å²) in [6.45, 7) is 0. The van der Waals surface area contributed by atoms with Gasteiger partial charge in [0, 0.05) is 16.8 Å². The normalized spacial score (nSPS) is 10.2. The molecule has 0 aliphatic rings. The summed E-state index contributed by atoms with van der Waals surface area (Å²) >= 11 is 6.00. The molecule has 20 heavy (non-hydrogen) atoms. The van der Waals surface area contributed by atoms with Gasteiger partial charge in [-0.05, 0) is 24.3 Å². The molecule has 0 aliphatic carbocycles. The number of nitrogens with zero attached hydrogens (tertiary/aromatic N) is 3. The van der Waals surface area contributed by atoms with Crippen LogP contribution in [0.3, 0.4) is 0 Å². The van der Waals surface area contributed by atoms with E-state index in [1.54, 1.807) is 23.0 Å². The van der Waals surface area contributed by atoms with Gasteiger partial charge in [-0.2, -0.15) is 10.4 Å². The molecule has 0 saturated heterocycles. The van der Waals surface area contributed by atoms with E-state index in [2.05, 4.69) is 11.2 Å². The highest BCUT2D eigenvalue weighted by atomic mass is 35.5. The van der Waals surface area contributed by atoms with E-state index in [-0.39, 0.29) is 0 Å². The standard InChI is InChI=1S/C16H10ClN3/c17-14-6-4-5-12(9-14)16-13(10-18)11-20(19-16)15-7-2-1-3-8-15/h1-9,11H. The molecule has 0 saturated carbocycles. The maximum Gasteiger partial charge on any atom is 0.111 e. The van der Waals surface area contributed by atoms with E-state index < -0.39 is 0 Å². The fourth-order valence-corrected chi connectivity index (χ4v) is 2.21. The molecule has 0 fully saturated rings. The summed E-state index contributed by atoms with van der Waals surface area (Å²) in [7, 11) is 0. The summed E-state index contributed by atoms with van der Waals surface area (Å²) in [5.41, 5.74) is 2.91. The largest absolute Gasteiger partial charge is 0.239 e. The molecule has 1 aromatic heterocycles. The molecule has 1 heterocycles. The van der Waals surface area contributed by atoms with Crippen molar-refractivity contribution >= 4 is 11.6 Å². The SMILES string of the molecule is N#Cc1cn(-c2ccccc2)nc1-c1cccc(Cl)c1. The van der Waals surface area contributed by atoms with Crippen molar-refractivity contribution in [3.8, 4) is 23.0 Å². The van der Waals surface area contributed by atoms with Crippen molar-refractivity contribution in [3.05, 3.63) is 71.4 Å². The number of para-hydroxylation sites is 1. The molecule has 0 N–H and O–H groups in total. The van der Waals surface area contributed by atoms with Gasteiger partial charge in [0.05, 0.1) is 11.3 Å². The minimum Gasteiger partial charge on any atom is -0.239 e. The predicted octanol–water partition coefficient (Wildman–Crippen LogP) is 4.06. The Labute approximate surface area is 121 Å². The third-order valence-corrected chi connectivity index (χ3v) is 3.19. The van der Waals surface area contributed by atoms with E-state index in [1.807, 2.05) is 42.5 Å². The lowest BCUT2D eigenvalue weighted by molar-refractivity contribution is 0.884. The Morgan fingerprint density at radius 3 is 2.55 bits per heavy atom. The zero-order chi connectivity index (χ0) is 13.9. The van der Waals surface area contributed by atoms with Crippen LogP contribution in [0.5, 0.6) is 0 Å². The number of rotatable bonds is 2. The lowest BCUT2D eigenvalue weighted by Gasteiger charge is -2.00. The molecule has 0 unspecified atom stereocenters. The Kier molecular flexibility index (Phi) is 3.24. The lowest BCUT2D eigenvalue weighted by Crippen LogP contribution is -1.93. The highest BCUT2D eigenvalue weighted by Crippen LogP contribution is 2.25. The Morgan fingerprint density at radius 2 is 1.85 bits per heavy atom. The molecule has 2 aromatic carbocycles.